The summed E-state index contributed by atoms with van der Waals surface area (Å²) in [6.07, 6.45) is 1.55. The standard InChI is InChI=1S/C39H46F2N6O9S/c1-6-22-19-38(22,34(50)46-57(52,53)23-15-16-23)45-31(48)26-20-37(5)21-47(26)33(49)30(36(2,3)4)44-35(51)55-28-14-9-13-27(28)54-18-10-17-39(40,41)29-32(56-37)43-25-12-8-7-11-24(25)42-29/h7-8,10-12,17,23,26-28,30H,1,9,13-16,18-21H2,2-5H3,(H,44,51)(H,45,48)(H,46,50)/b17-10+/t26-,27+,28+,30+,37+,38+/m0/s1. The molecule has 1 aromatic carbocycles. The van der Waals surface area contributed by atoms with Crippen molar-refractivity contribution in [3.63, 3.8) is 0 Å². The summed E-state index contributed by atoms with van der Waals surface area (Å²) in [5.41, 5.74) is -1.92. The van der Waals surface area contributed by atoms with Crippen molar-refractivity contribution in [1.29, 1.82) is 0 Å². The smallest absolute Gasteiger partial charge is 0.408 e. The van der Waals surface area contributed by atoms with Crippen LogP contribution in [0.15, 0.2) is 54.3 Å². The van der Waals surface area contributed by atoms with Gasteiger partial charge in [0.05, 0.1) is 35.5 Å². The predicted molar refractivity (Wildman–Crippen MR) is 200 cm³/mol. The highest BCUT2D eigenvalue weighted by molar-refractivity contribution is 7.91. The van der Waals surface area contributed by atoms with Gasteiger partial charge in [-0.05, 0) is 62.7 Å². The maximum atomic E-state index is 16.2. The van der Waals surface area contributed by atoms with Crippen LogP contribution >= 0.6 is 0 Å². The number of hydrogen-bond acceptors (Lipinski definition) is 11. The Balaban J connectivity index is 1.29. The van der Waals surface area contributed by atoms with E-state index in [2.05, 4.69) is 37.6 Å². The van der Waals surface area contributed by atoms with E-state index in [1.54, 1.807) is 39.0 Å². The van der Waals surface area contributed by atoms with E-state index in [9.17, 15) is 27.6 Å². The van der Waals surface area contributed by atoms with Gasteiger partial charge in [-0.3, -0.25) is 19.1 Å². The molecule has 2 aromatic rings. The molecule has 3 N–H and O–H groups in total. The van der Waals surface area contributed by atoms with Gasteiger partial charge in [-0.1, -0.05) is 45.6 Å². The van der Waals surface area contributed by atoms with E-state index in [1.165, 1.54) is 13.0 Å². The minimum absolute atomic E-state index is 0.0920. The number of nitrogens with zero attached hydrogens (tertiary/aromatic N) is 3. The van der Waals surface area contributed by atoms with Crippen LogP contribution in [0.4, 0.5) is 13.6 Å². The lowest BCUT2D eigenvalue weighted by molar-refractivity contribution is -0.143. The van der Waals surface area contributed by atoms with Crippen LogP contribution < -0.4 is 20.1 Å². The number of carbonyl (C=O) groups is 4. The lowest BCUT2D eigenvalue weighted by Crippen LogP contribution is -2.60. The van der Waals surface area contributed by atoms with Gasteiger partial charge in [0.1, 0.15) is 23.8 Å². The van der Waals surface area contributed by atoms with Gasteiger partial charge in [-0.25, -0.2) is 23.2 Å². The summed E-state index contributed by atoms with van der Waals surface area (Å²) >= 11 is 0. The third kappa shape index (κ3) is 8.12. The van der Waals surface area contributed by atoms with Crippen LogP contribution in [0, 0.1) is 5.41 Å². The molecule has 0 radical (unpaired) electrons. The van der Waals surface area contributed by atoms with Crippen molar-refractivity contribution in [3.8, 4) is 5.88 Å². The first kappa shape index (κ1) is 40.3. The zero-order chi connectivity index (χ0) is 41.1. The number of alkyl halides is 2. The lowest BCUT2D eigenvalue weighted by Gasteiger charge is -2.36. The Hall–Kier alpha value is -4.93. The molecule has 3 heterocycles. The first-order valence-electron chi connectivity index (χ1n) is 18.9. The number of benzene rings is 1. The summed E-state index contributed by atoms with van der Waals surface area (Å²) in [5, 5.41) is 4.61. The summed E-state index contributed by atoms with van der Waals surface area (Å²) in [5.74, 6) is -6.86. The Morgan fingerprint density at radius 2 is 1.75 bits per heavy atom. The fourth-order valence-electron chi connectivity index (χ4n) is 7.67. The Kier molecular flexibility index (Phi) is 10.2. The molecule has 2 bridgehead atoms. The number of amides is 4. The number of carbonyl (C=O) groups excluding carboxylic acids is 4. The molecule has 2 aliphatic heterocycles. The molecule has 1 saturated heterocycles. The summed E-state index contributed by atoms with van der Waals surface area (Å²) < 4.78 is 77.8. The van der Waals surface area contributed by atoms with Crippen molar-refractivity contribution in [1.82, 2.24) is 30.2 Å². The number of ether oxygens (including phenoxy) is 3. The fraction of sp³-hybridized carbons (Fsp3) is 0.564. The van der Waals surface area contributed by atoms with E-state index in [0.29, 0.717) is 38.2 Å². The van der Waals surface area contributed by atoms with Gasteiger partial charge in [0.2, 0.25) is 27.7 Å². The number of hydrogen-bond donors (Lipinski definition) is 3. The average molecular weight is 813 g/mol. The Morgan fingerprint density at radius 1 is 1.07 bits per heavy atom. The number of nitrogens with one attached hydrogen (secondary N) is 3. The van der Waals surface area contributed by atoms with Crippen molar-refractivity contribution >= 4 is 44.9 Å². The van der Waals surface area contributed by atoms with Crippen molar-refractivity contribution in [3.05, 3.63) is 60.0 Å². The van der Waals surface area contributed by atoms with Crippen LogP contribution in [0.1, 0.15) is 78.3 Å². The third-order valence-electron chi connectivity index (χ3n) is 11.0. The molecule has 3 aliphatic carbocycles. The number of para-hydroxylation sites is 2. The number of fused-ring (bicyclic) bond motifs is 5. The molecule has 18 heteroatoms. The maximum Gasteiger partial charge on any atom is 0.408 e. The third-order valence-corrected chi connectivity index (χ3v) is 12.8. The molecule has 1 aromatic heterocycles. The zero-order valence-corrected chi connectivity index (χ0v) is 32.9. The van der Waals surface area contributed by atoms with Gasteiger partial charge in [-0.2, -0.15) is 8.78 Å². The largest absolute Gasteiger partial charge is 0.468 e. The number of allylic oxidation sites excluding steroid dienone is 1. The second kappa shape index (κ2) is 14.5. The normalized spacial score (nSPS) is 31.0. The minimum Gasteiger partial charge on any atom is -0.468 e. The highest BCUT2D eigenvalue weighted by atomic mass is 32.2. The molecule has 0 unspecified atom stereocenters. The lowest BCUT2D eigenvalue weighted by atomic mass is 9.85. The zero-order valence-electron chi connectivity index (χ0n) is 32.1. The molecule has 306 valence electrons. The molecule has 4 fully saturated rings. The van der Waals surface area contributed by atoms with Gasteiger partial charge in [0.15, 0.2) is 11.2 Å². The second-order valence-corrected chi connectivity index (χ2v) is 18.7. The van der Waals surface area contributed by atoms with Crippen molar-refractivity contribution in [2.45, 2.75) is 119 Å². The predicted octanol–water partition coefficient (Wildman–Crippen LogP) is 3.69. The molecular formula is C39H46F2N6O9S. The molecule has 6 atom stereocenters. The van der Waals surface area contributed by atoms with Crippen LogP contribution in [0.3, 0.4) is 0 Å². The van der Waals surface area contributed by atoms with Crippen molar-refractivity contribution < 1.29 is 50.6 Å². The highest BCUT2D eigenvalue weighted by Gasteiger charge is 2.61. The van der Waals surface area contributed by atoms with E-state index < -0.39 is 97.4 Å². The molecular weight excluding hydrogens is 767 g/mol. The number of rotatable bonds is 5. The summed E-state index contributed by atoms with van der Waals surface area (Å²) in [6.45, 7) is 9.65. The van der Waals surface area contributed by atoms with Gasteiger partial charge in [0.25, 0.3) is 5.91 Å². The van der Waals surface area contributed by atoms with E-state index >= 15 is 8.78 Å². The van der Waals surface area contributed by atoms with Crippen molar-refractivity contribution in [2.75, 3.05) is 13.2 Å². The van der Waals surface area contributed by atoms with Crippen molar-refractivity contribution in [2.24, 2.45) is 5.41 Å². The number of alkyl carbamates (subject to hydrolysis) is 1. The quantitative estimate of drug-likeness (QED) is 0.295. The van der Waals surface area contributed by atoms with Crippen LogP contribution in [-0.2, 0) is 39.8 Å². The number of sulfonamides is 1. The molecule has 57 heavy (non-hydrogen) atoms. The van der Waals surface area contributed by atoms with E-state index in [-0.39, 0.29) is 42.6 Å². The first-order chi connectivity index (χ1) is 26.7. The molecule has 7 rings (SSSR count). The minimum atomic E-state index is -4.01. The average Bonchev–Trinajstić information content (AvgIpc) is 4.04. The molecule has 15 nitrogen and oxygen atoms in total. The number of aromatic nitrogens is 2. The van der Waals surface area contributed by atoms with Gasteiger partial charge >= 0.3 is 12.0 Å². The van der Waals surface area contributed by atoms with Gasteiger partial charge in [-0.15, -0.1) is 5.73 Å². The summed E-state index contributed by atoms with van der Waals surface area (Å²) in [7, 11) is -4.01. The van der Waals surface area contributed by atoms with Crippen LogP contribution in [0.5, 0.6) is 5.88 Å². The van der Waals surface area contributed by atoms with E-state index in [1.807, 2.05) is 0 Å². The Labute approximate surface area is 328 Å². The SMILES string of the molecule is C=C=C1C[C@]1(NC(=O)[C@@H]1C[C@]2(C)CN1C(=O)[C@H](C(C)(C)C)NC(=O)O[C@@H]1CCC[C@H]1OC/C=C/C(F)(F)c1nc3ccccc3nc1O2)C(=O)NS(=O)(=O)C1CC1. The van der Waals surface area contributed by atoms with Gasteiger partial charge < -0.3 is 29.7 Å². The Morgan fingerprint density at radius 3 is 2.40 bits per heavy atom. The number of halogens is 2. The van der Waals surface area contributed by atoms with E-state index in [0.717, 1.165) is 11.0 Å². The highest BCUT2D eigenvalue weighted by Crippen LogP contribution is 2.45. The summed E-state index contributed by atoms with van der Waals surface area (Å²) in [6, 6.07) is 3.69. The van der Waals surface area contributed by atoms with Crippen LogP contribution in [0.25, 0.3) is 11.0 Å². The molecule has 0 spiro atoms. The van der Waals surface area contributed by atoms with Crippen LogP contribution in [0.2, 0.25) is 0 Å². The van der Waals surface area contributed by atoms with E-state index in [4.69, 9.17) is 14.2 Å². The Bertz CT molecular complexity index is 2200. The fourth-order valence-corrected chi connectivity index (χ4v) is 9.03. The molecule has 3 saturated carbocycles. The summed E-state index contributed by atoms with van der Waals surface area (Å²) in [4.78, 5) is 66.0. The van der Waals surface area contributed by atoms with Gasteiger partial charge in [0, 0.05) is 18.4 Å². The molecule has 5 aliphatic rings. The van der Waals surface area contributed by atoms with Crippen LogP contribution in [-0.4, -0.2) is 101 Å². The topological polar surface area (TPSA) is 195 Å². The molecule has 4 amide bonds. The first-order valence-corrected chi connectivity index (χ1v) is 20.5. The second-order valence-electron chi connectivity index (χ2n) is 16.7. The monoisotopic (exact) mass is 812 g/mol. The maximum absolute atomic E-state index is 16.2.